The highest BCUT2D eigenvalue weighted by Gasteiger charge is 2.21. The van der Waals surface area contributed by atoms with Gasteiger partial charge in [0, 0.05) is 12.6 Å². The third-order valence-corrected chi connectivity index (χ3v) is 4.65. The highest BCUT2D eigenvalue weighted by atomic mass is 16.1. The number of nitrogens with one attached hydrogen (secondary N) is 1. The van der Waals surface area contributed by atoms with E-state index in [-0.39, 0.29) is 5.91 Å². The summed E-state index contributed by atoms with van der Waals surface area (Å²) in [5.74, 6) is 0.579. The number of aromatic nitrogens is 1. The third kappa shape index (κ3) is 4.13. The molecule has 0 radical (unpaired) electrons. The molecule has 0 aliphatic carbocycles. The van der Waals surface area contributed by atoms with Gasteiger partial charge in [-0.3, -0.25) is 4.79 Å². The Morgan fingerprint density at radius 2 is 2.04 bits per heavy atom. The standard InChI is InChI=1S/C20H25N3O/c1-2-17-10-6-7-13-23(17)18-11-12-19(21-15-18)22-20(24)14-16-8-4-3-5-9-16/h3-5,8-9,11-12,15,17H,2,6-7,10,13-14H2,1H3,(H,21,22,24). The Morgan fingerprint density at radius 3 is 2.75 bits per heavy atom. The number of pyridine rings is 1. The monoisotopic (exact) mass is 323 g/mol. The average Bonchev–Trinajstić information content (AvgIpc) is 2.63. The molecule has 0 bridgehead atoms. The summed E-state index contributed by atoms with van der Waals surface area (Å²) in [4.78, 5) is 19.0. The Morgan fingerprint density at radius 1 is 1.21 bits per heavy atom. The predicted octanol–water partition coefficient (Wildman–Crippen LogP) is 4.03. The van der Waals surface area contributed by atoms with Crippen LogP contribution in [0.5, 0.6) is 0 Å². The van der Waals surface area contributed by atoms with Crippen molar-refractivity contribution in [2.75, 3.05) is 16.8 Å². The zero-order valence-corrected chi connectivity index (χ0v) is 14.2. The molecule has 1 aromatic carbocycles. The van der Waals surface area contributed by atoms with Crippen molar-refractivity contribution in [2.24, 2.45) is 0 Å². The second-order valence-corrected chi connectivity index (χ2v) is 6.36. The number of anilines is 2. The maximum atomic E-state index is 12.1. The number of hydrogen-bond acceptors (Lipinski definition) is 3. The normalized spacial score (nSPS) is 17.5. The molecule has 1 unspecified atom stereocenters. The summed E-state index contributed by atoms with van der Waals surface area (Å²) in [6, 6.07) is 14.3. The summed E-state index contributed by atoms with van der Waals surface area (Å²) in [6.45, 7) is 3.34. The second-order valence-electron chi connectivity index (χ2n) is 6.36. The lowest BCUT2D eigenvalue weighted by Crippen LogP contribution is -2.39. The van der Waals surface area contributed by atoms with Gasteiger partial charge in [0.2, 0.25) is 5.91 Å². The van der Waals surface area contributed by atoms with E-state index in [1.807, 2.05) is 42.6 Å². The van der Waals surface area contributed by atoms with Crippen LogP contribution in [0, 0.1) is 0 Å². The summed E-state index contributed by atoms with van der Waals surface area (Å²) in [5, 5.41) is 2.88. The van der Waals surface area contributed by atoms with Gasteiger partial charge < -0.3 is 10.2 Å². The first-order valence-corrected chi connectivity index (χ1v) is 8.82. The molecule has 3 rings (SSSR count). The first kappa shape index (κ1) is 16.5. The summed E-state index contributed by atoms with van der Waals surface area (Å²) >= 11 is 0. The lowest BCUT2D eigenvalue weighted by molar-refractivity contribution is -0.115. The zero-order chi connectivity index (χ0) is 16.8. The van der Waals surface area contributed by atoms with Crippen molar-refractivity contribution in [1.29, 1.82) is 0 Å². The van der Waals surface area contributed by atoms with Crippen molar-refractivity contribution in [1.82, 2.24) is 4.98 Å². The van der Waals surface area contributed by atoms with Crippen LogP contribution in [0.15, 0.2) is 48.7 Å². The lowest BCUT2D eigenvalue weighted by Gasteiger charge is -2.37. The van der Waals surface area contributed by atoms with E-state index in [1.165, 1.54) is 19.3 Å². The number of amides is 1. The van der Waals surface area contributed by atoms with Gasteiger partial charge in [0.05, 0.1) is 18.3 Å². The molecule has 126 valence electrons. The van der Waals surface area contributed by atoms with E-state index in [2.05, 4.69) is 28.2 Å². The Bertz CT molecular complexity index is 654. The van der Waals surface area contributed by atoms with Crippen LogP contribution in [-0.2, 0) is 11.2 Å². The second kappa shape index (κ2) is 7.95. The maximum Gasteiger partial charge on any atom is 0.229 e. The maximum absolute atomic E-state index is 12.1. The quantitative estimate of drug-likeness (QED) is 0.903. The topological polar surface area (TPSA) is 45.2 Å². The molecule has 1 atom stereocenters. The molecule has 1 aromatic heterocycles. The molecule has 1 aliphatic rings. The van der Waals surface area contributed by atoms with E-state index >= 15 is 0 Å². The highest BCUT2D eigenvalue weighted by molar-refractivity contribution is 5.91. The molecule has 4 heteroatoms. The van der Waals surface area contributed by atoms with Crippen LogP contribution in [0.3, 0.4) is 0 Å². The summed E-state index contributed by atoms with van der Waals surface area (Å²) in [5.41, 5.74) is 2.16. The van der Waals surface area contributed by atoms with Crippen LogP contribution in [0.25, 0.3) is 0 Å². The van der Waals surface area contributed by atoms with Gasteiger partial charge in [0.1, 0.15) is 5.82 Å². The van der Waals surface area contributed by atoms with Crippen LogP contribution in [-0.4, -0.2) is 23.5 Å². The zero-order valence-electron chi connectivity index (χ0n) is 14.2. The fourth-order valence-corrected chi connectivity index (χ4v) is 3.36. The van der Waals surface area contributed by atoms with Gasteiger partial charge in [-0.05, 0) is 43.4 Å². The lowest BCUT2D eigenvalue weighted by atomic mass is 9.99. The fourth-order valence-electron chi connectivity index (χ4n) is 3.36. The molecule has 1 fully saturated rings. The van der Waals surface area contributed by atoms with Crippen molar-refractivity contribution in [3.63, 3.8) is 0 Å². The van der Waals surface area contributed by atoms with Crippen LogP contribution >= 0.6 is 0 Å². The van der Waals surface area contributed by atoms with Gasteiger partial charge in [-0.1, -0.05) is 37.3 Å². The first-order valence-electron chi connectivity index (χ1n) is 8.82. The first-order chi connectivity index (χ1) is 11.8. The molecular formula is C20H25N3O. The summed E-state index contributed by atoms with van der Waals surface area (Å²) in [7, 11) is 0. The SMILES string of the molecule is CCC1CCCCN1c1ccc(NC(=O)Cc2ccccc2)nc1. The van der Waals surface area contributed by atoms with Crippen LogP contribution < -0.4 is 10.2 Å². The smallest absolute Gasteiger partial charge is 0.229 e. The summed E-state index contributed by atoms with van der Waals surface area (Å²) < 4.78 is 0. The Balaban J connectivity index is 1.61. The Labute approximate surface area is 143 Å². The van der Waals surface area contributed by atoms with Crippen LogP contribution in [0.1, 0.15) is 38.2 Å². The van der Waals surface area contributed by atoms with E-state index in [9.17, 15) is 4.79 Å². The largest absolute Gasteiger partial charge is 0.367 e. The molecule has 0 spiro atoms. The Kier molecular flexibility index (Phi) is 5.47. The minimum Gasteiger partial charge on any atom is -0.367 e. The molecule has 0 saturated carbocycles. The van der Waals surface area contributed by atoms with Gasteiger partial charge >= 0.3 is 0 Å². The molecule has 1 N–H and O–H groups in total. The molecule has 1 aliphatic heterocycles. The van der Waals surface area contributed by atoms with Gasteiger partial charge in [0.25, 0.3) is 0 Å². The van der Waals surface area contributed by atoms with E-state index < -0.39 is 0 Å². The summed E-state index contributed by atoms with van der Waals surface area (Å²) in [6.07, 6.45) is 7.23. The number of carbonyl (C=O) groups excluding carboxylic acids is 1. The van der Waals surface area contributed by atoms with Gasteiger partial charge in [0.15, 0.2) is 0 Å². The van der Waals surface area contributed by atoms with Gasteiger partial charge in [-0.15, -0.1) is 0 Å². The van der Waals surface area contributed by atoms with Gasteiger partial charge in [-0.25, -0.2) is 4.98 Å². The van der Waals surface area contributed by atoms with Crippen molar-refractivity contribution in [3.05, 3.63) is 54.2 Å². The number of carbonyl (C=O) groups is 1. The van der Waals surface area contributed by atoms with Crippen molar-refractivity contribution in [3.8, 4) is 0 Å². The predicted molar refractivity (Wildman–Crippen MR) is 98.3 cm³/mol. The molecule has 2 aromatic rings. The van der Waals surface area contributed by atoms with Gasteiger partial charge in [-0.2, -0.15) is 0 Å². The molecule has 1 amide bonds. The fraction of sp³-hybridized carbons (Fsp3) is 0.400. The molecule has 1 saturated heterocycles. The van der Waals surface area contributed by atoms with Crippen LogP contribution in [0.2, 0.25) is 0 Å². The number of rotatable bonds is 5. The molecule has 2 heterocycles. The Hall–Kier alpha value is -2.36. The van der Waals surface area contributed by atoms with Crippen molar-refractivity contribution >= 4 is 17.4 Å². The van der Waals surface area contributed by atoms with E-state index in [0.717, 1.165) is 24.2 Å². The minimum atomic E-state index is -0.0362. The third-order valence-electron chi connectivity index (χ3n) is 4.65. The van der Waals surface area contributed by atoms with Crippen molar-refractivity contribution < 1.29 is 4.79 Å². The number of nitrogens with zero attached hydrogens (tertiary/aromatic N) is 2. The highest BCUT2D eigenvalue weighted by Crippen LogP contribution is 2.26. The number of benzene rings is 1. The number of piperidine rings is 1. The molecule has 24 heavy (non-hydrogen) atoms. The number of hydrogen-bond donors (Lipinski definition) is 1. The minimum absolute atomic E-state index is 0.0362. The average molecular weight is 323 g/mol. The van der Waals surface area contributed by atoms with Crippen molar-refractivity contribution in [2.45, 2.75) is 45.1 Å². The van der Waals surface area contributed by atoms with E-state index in [0.29, 0.717) is 18.3 Å². The van der Waals surface area contributed by atoms with E-state index in [1.54, 1.807) is 0 Å². The molecular weight excluding hydrogens is 298 g/mol. The molecule has 4 nitrogen and oxygen atoms in total. The van der Waals surface area contributed by atoms with E-state index in [4.69, 9.17) is 0 Å². The van der Waals surface area contributed by atoms with Crippen LogP contribution in [0.4, 0.5) is 11.5 Å².